The van der Waals surface area contributed by atoms with Gasteiger partial charge in [0, 0.05) is 13.7 Å². The van der Waals surface area contributed by atoms with E-state index in [0.717, 1.165) is 5.56 Å². The van der Waals surface area contributed by atoms with Crippen LogP contribution in [-0.4, -0.2) is 46.4 Å². The van der Waals surface area contributed by atoms with Gasteiger partial charge in [-0.05, 0) is 48.4 Å². The van der Waals surface area contributed by atoms with Gasteiger partial charge in [0.2, 0.25) is 10.0 Å². The van der Waals surface area contributed by atoms with Crippen LogP contribution < -0.4 is 14.2 Å². The van der Waals surface area contributed by atoms with Crippen molar-refractivity contribution in [3.63, 3.8) is 0 Å². The van der Waals surface area contributed by atoms with Crippen LogP contribution in [0.25, 0.3) is 0 Å². The van der Waals surface area contributed by atoms with Crippen LogP contribution in [0.1, 0.15) is 11.1 Å². The number of ether oxygens (including phenoxy) is 3. The molecule has 8 nitrogen and oxygen atoms in total. The Morgan fingerprint density at radius 1 is 1.07 bits per heavy atom. The first-order valence-corrected chi connectivity index (χ1v) is 9.96. The summed E-state index contributed by atoms with van der Waals surface area (Å²) >= 11 is 0. The van der Waals surface area contributed by atoms with Crippen molar-refractivity contribution in [3.05, 3.63) is 53.6 Å². The molecule has 2 N–H and O–H groups in total. The van der Waals surface area contributed by atoms with Gasteiger partial charge in [0.05, 0.1) is 11.5 Å². The van der Waals surface area contributed by atoms with Gasteiger partial charge in [-0.2, -0.15) is 0 Å². The third-order valence-corrected chi connectivity index (χ3v) is 5.15. The molecule has 0 aliphatic rings. The smallest absolute Gasteiger partial charge is 0.341 e. The molecule has 28 heavy (non-hydrogen) atoms. The van der Waals surface area contributed by atoms with Gasteiger partial charge in [-0.3, -0.25) is 0 Å². The van der Waals surface area contributed by atoms with Crippen molar-refractivity contribution in [2.75, 3.05) is 26.9 Å². The van der Waals surface area contributed by atoms with E-state index in [4.69, 9.17) is 19.3 Å². The van der Waals surface area contributed by atoms with Crippen molar-refractivity contribution in [1.82, 2.24) is 4.72 Å². The van der Waals surface area contributed by atoms with Crippen molar-refractivity contribution in [3.8, 4) is 11.5 Å². The molecule has 0 aliphatic heterocycles. The summed E-state index contributed by atoms with van der Waals surface area (Å²) in [6.07, 6.45) is 0. The number of rotatable bonds is 11. The number of methoxy groups -OCH3 is 1. The number of carboxylic acid groups (broad SMARTS) is 1. The molecule has 0 spiro atoms. The second-order valence-electron chi connectivity index (χ2n) is 5.92. The second-order valence-corrected chi connectivity index (χ2v) is 7.69. The van der Waals surface area contributed by atoms with E-state index in [1.165, 1.54) is 18.2 Å². The predicted molar refractivity (Wildman–Crippen MR) is 102 cm³/mol. The normalized spacial score (nSPS) is 11.2. The summed E-state index contributed by atoms with van der Waals surface area (Å²) in [5.41, 5.74) is 1.31. The molecule has 0 heterocycles. The molecule has 0 atom stereocenters. The predicted octanol–water partition coefficient (Wildman–Crippen LogP) is 1.96. The Labute approximate surface area is 164 Å². The number of sulfonamides is 1. The minimum atomic E-state index is -3.73. The third-order valence-electron chi connectivity index (χ3n) is 3.75. The molecule has 9 heteroatoms. The maximum atomic E-state index is 12.5. The van der Waals surface area contributed by atoms with Crippen LogP contribution in [0.2, 0.25) is 0 Å². The Bertz CT molecular complexity index is 895. The summed E-state index contributed by atoms with van der Waals surface area (Å²) < 4.78 is 43.0. The summed E-state index contributed by atoms with van der Waals surface area (Å²) in [5, 5.41) is 8.65. The first-order chi connectivity index (χ1) is 13.3. The van der Waals surface area contributed by atoms with Crippen molar-refractivity contribution >= 4 is 16.0 Å². The Hall–Kier alpha value is -2.62. The highest BCUT2D eigenvalue weighted by molar-refractivity contribution is 7.89. The Kier molecular flexibility index (Phi) is 7.80. The van der Waals surface area contributed by atoms with Crippen LogP contribution >= 0.6 is 0 Å². The number of hydrogen-bond acceptors (Lipinski definition) is 6. The topological polar surface area (TPSA) is 111 Å². The number of carbonyl (C=O) groups is 1. The Morgan fingerprint density at radius 2 is 1.79 bits per heavy atom. The number of nitrogens with one attached hydrogen (secondary N) is 1. The van der Waals surface area contributed by atoms with Gasteiger partial charge in [-0.15, -0.1) is 0 Å². The molecule has 0 bridgehead atoms. The lowest BCUT2D eigenvalue weighted by Gasteiger charge is -2.11. The van der Waals surface area contributed by atoms with Crippen molar-refractivity contribution < 1.29 is 32.5 Å². The van der Waals surface area contributed by atoms with Crippen LogP contribution in [-0.2, 0) is 26.1 Å². The third kappa shape index (κ3) is 6.52. The van der Waals surface area contributed by atoms with E-state index in [1.54, 1.807) is 38.3 Å². The summed E-state index contributed by atoms with van der Waals surface area (Å²) in [7, 11) is -2.13. The lowest BCUT2D eigenvalue weighted by atomic mass is 10.2. The van der Waals surface area contributed by atoms with E-state index in [-0.39, 0.29) is 11.4 Å². The number of aryl methyl sites for hydroxylation is 1. The zero-order valence-corrected chi connectivity index (χ0v) is 16.5. The zero-order valence-electron chi connectivity index (χ0n) is 15.7. The molecule has 0 saturated carbocycles. The van der Waals surface area contributed by atoms with E-state index < -0.39 is 22.6 Å². The van der Waals surface area contributed by atoms with Gasteiger partial charge in [-0.1, -0.05) is 12.1 Å². The largest absolute Gasteiger partial charge is 0.491 e. The molecule has 0 fully saturated rings. The van der Waals surface area contributed by atoms with Gasteiger partial charge in [0.1, 0.15) is 18.1 Å². The standard InChI is InChI=1S/C19H23NO7S/c1-14-11-17(7-8-18(14)27-13-19(21)22)28(23,24)20-12-15-3-5-16(6-4-15)26-10-9-25-2/h3-8,11,20H,9-10,12-13H2,1-2H3,(H,21,22). The SMILES string of the molecule is COCCOc1ccc(CNS(=O)(=O)c2ccc(OCC(=O)O)c(C)c2)cc1. The highest BCUT2D eigenvalue weighted by atomic mass is 32.2. The van der Waals surface area contributed by atoms with Crippen LogP contribution in [0.5, 0.6) is 11.5 Å². The second kappa shape index (κ2) is 10.1. The Balaban J connectivity index is 1.97. The molecule has 0 unspecified atom stereocenters. The van der Waals surface area contributed by atoms with Crippen LogP contribution in [0.3, 0.4) is 0 Å². The van der Waals surface area contributed by atoms with E-state index >= 15 is 0 Å². The molecule has 2 aromatic carbocycles. The summed E-state index contributed by atoms with van der Waals surface area (Å²) in [6, 6.07) is 11.3. The minimum absolute atomic E-state index is 0.0761. The molecule has 2 rings (SSSR count). The van der Waals surface area contributed by atoms with E-state index in [9.17, 15) is 13.2 Å². The van der Waals surface area contributed by atoms with E-state index in [1.807, 2.05) is 0 Å². The van der Waals surface area contributed by atoms with Gasteiger partial charge in [-0.25, -0.2) is 17.9 Å². The number of hydrogen-bond donors (Lipinski definition) is 2. The maximum Gasteiger partial charge on any atom is 0.341 e. The molecular weight excluding hydrogens is 386 g/mol. The molecule has 0 amide bonds. The number of benzene rings is 2. The van der Waals surface area contributed by atoms with Crippen LogP contribution in [0.4, 0.5) is 0 Å². The minimum Gasteiger partial charge on any atom is -0.491 e. The average Bonchev–Trinajstić information content (AvgIpc) is 2.66. The first-order valence-electron chi connectivity index (χ1n) is 8.47. The van der Waals surface area contributed by atoms with Crippen molar-refractivity contribution in [2.45, 2.75) is 18.4 Å². The monoisotopic (exact) mass is 409 g/mol. The van der Waals surface area contributed by atoms with Crippen molar-refractivity contribution in [1.29, 1.82) is 0 Å². The fourth-order valence-corrected chi connectivity index (χ4v) is 3.40. The summed E-state index contributed by atoms with van der Waals surface area (Å²) in [6.45, 7) is 2.21. The first kappa shape index (κ1) is 21.7. The van der Waals surface area contributed by atoms with Crippen LogP contribution in [0.15, 0.2) is 47.4 Å². The summed E-state index contributed by atoms with van der Waals surface area (Å²) in [4.78, 5) is 10.6. The zero-order chi connectivity index (χ0) is 20.6. The highest BCUT2D eigenvalue weighted by Crippen LogP contribution is 2.22. The molecule has 0 saturated heterocycles. The van der Waals surface area contributed by atoms with E-state index in [0.29, 0.717) is 30.3 Å². The molecule has 152 valence electrons. The highest BCUT2D eigenvalue weighted by Gasteiger charge is 2.15. The lowest BCUT2D eigenvalue weighted by molar-refractivity contribution is -0.139. The van der Waals surface area contributed by atoms with Gasteiger partial charge in [0.15, 0.2) is 6.61 Å². The van der Waals surface area contributed by atoms with Gasteiger partial charge in [0.25, 0.3) is 0 Å². The molecule has 0 radical (unpaired) electrons. The van der Waals surface area contributed by atoms with Gasteiger partial charge < -0.3 is 19.3 Å². The van der Waals surface area contributed by atoms with E-state index in [2.05, 4.69) is 4.72 Å². The fraction of sp³-hybridized carbons (Fsp3) is 0.316. The lowest BCUT2D eigenvalue weighted by Crippen LogP contribution is -2.23. The molecule has 0 aromatic heterocycles. The average molecular weight is 409 g/mol. The number of carboxylic acids is 1. The molecular formula is C19H23NO7S. The van der Waals surface area contributed by atoms with Crippen molar-refractivity contribution in [2.24, 2.45) is 0 Å². The molecule has 0 aliphatic carbocycles. The maximum absolute atomic E-state index is 12.5. The fourth-order valence-electron chi connectivity index (χ4n) is 2.30. The van der Waals surface area contributed by atoms with Gasteiger partial charge >= 0.3 is 5.97 Å². The Morgan fingerprint density at radius 3 is 2.39 bits per heavy atom. The molecule has 2 aromatic rings. The van der Waals surface area contributed by atoms with Crippen LogP contribution in [0, 0.1) is 6.92 Å². The quantitative estimate of drug-likeness (QED) is 0.546. The number of aliphatic carboxylic acids is 1. The summed E-state index contributed by atoms with van der Waals surface area (Å²) in [5.74, 6) is -0.102.